The molecule has 0 aliphatic heterocycles. The number of nitrogens with two attached hydrogens (primary N) is 1. The number of hydrogen-bond acceptors (Lipinski definition) is 2. The SMILES string of the molecule is N#Cc1cccc(Cn2cc(CN)c3ccc(Cl)cc32)c1. The maximum Gasteiger partial charge on any atom is 0.0991 e. The molecular weight excluding hydrogens is 282 g/mol. The Kier molecular flexibility index (Phi) is 3.66. The van der Waals surface area contributed by atoms with Crippen molar-refractivity contribution in [3.63, 3.8) is 0 Å². The zero-order valence-corrected chi connectivity index (χ0v) is 12.1. The number of aromatic nitrogens is 1. The molecule has 1 heterocycles. The molecule has 0 amide bonds. The van der Waals surface area contributed by atoms with E-state index in [-0.39, 0.29) is 0 Å². The molecule has 0 spiro atoms. The van der Waals surface area contributed by atoms with Gasteiger partial charge in [0.15, 0.2) is 0 Å². The molecule has 3 rings (SSSR count). The van der Waals surface area contributed by atoms with Crippen LogP contribution in [-0.4, -0.2) is 4.57 Å². The summed E-state index contributed by atoms with van der Waals surface area (Å²) in [5.74, 6) is 0. The highest BCUT2D eigenvalue weighted by Gasteiger charge is 2.08. The highest BCUT2D eigenvalue weighted by molar-refractivity contribution is 6.31. The molecule has 0 fully saturated rings. The van der Waals surface area contributed by atoms with Gasteiger partial charge in [0.25, 0.3) is 0 Å². The van der Waals surface area contributed by atoms with Gasteiger partial charge in [-0.2, -0.15) is 5.26 Å². The molecule has 2 N–H and O–H groups in total. The van der Waals surface area contributed by atoms with Crippen LogP contribution < -0.4 is 5.73 Å². The molecular formula is C17H14ClN3. The third kappa shape index (κ3) is 2.64. The molecule has 0 radical (unpaired) electrons. The highest BCUT2D eigenvalue weighted by Crippen LogP contribution is 2.25. The molecule has 104 valence electrons. The number of nitriles is 1. The normalized spacial score (nSPS) is 10.7. The lowest BCUT2D eigenvalue weighted by atomic mass is 10.1. The van der Waals surface area contributed by atoms with Crippen molar-refractivity contribution in [2.75, 3.05) is 0 Å². The van der Waals surface area contributed by atoms with Crippen LogP contribution in [0.3, 0.4) is 0 Å². The Morgan fingerprint density at radius 2 is 2.05 bits per heavy atom. The number of rotatable bonds is 3. The minimum absolute atomic E-state index is 0.489. The summed E-state index contributed by atoms with van der Waals surface area (Å²) in [7, 11) is 0. The highest BCUT2D eigenvalue weighted by atomic mass is 35.5. The second kappa shape index (κ2) is 5.61. The predicted octanol–water partition coefficient (Wildman–Crippen LogP) is 3.67. The number of fused-ring (bicyclic) bond motifs is 1. The molecule has 0 unspecified atom stereocenters. The third-order valence-corrected chi connectivity index (χ3v) is 3.79. The van der Waals surface area contributed by atoms with Gasteiger partial charge in [0.2, 0.25) is 0 Å². The Morgan fingerprint density at radius 3 is 2.81 bits per heavy atom. The van der Waals surface area contributed by atoms with Gasteiger partial charge >= 0.3 is 0 Å². The van der Waals surface area contributed by atoms with Crippen molar-refractivity contribution in [3.05, 3.63) is 70.4 Å². The van der Waals surface area contributed by atoms with Gasteiger partial charge in [-0.25, -0.2) is 0 Å². The lowest BCUT2D eigenvalue weighted by molar-refractivity contribution is 0.829. The van der Waals surface area contributed by atoms with Crippen LogP contribution in [0.25, 0.3) is 10.9 Å². The monoisotopic (exact) mass is 295 g/mol. The van der Waals surface area contributed by atoms with Gasteiger partial charge in [-0.1, -0.05) is 29.8 Å². The van der Waals surface area contributed by atoms with E-state index in [4.69, 9.17) is 22.6 Å². The van der Waals surface area contributed by atoms with Gasteiger partial charge in [-0.15, -0.1) is 0 Å². The summed E-state index contributed by atoms with van der Waals surface area (Å²) in [6, 6.07) is 15.6. The molecule has 0 saturated heterocycles. The topological polar surface area (TPSA) is 54.7 Å². The van der Waals surface area contributed by atoms with E-state index in [0.717, 1.165) is 22.0 Å². The van der Waals surface area contributed by atoms with Crippen LogP contribution in [0.4, 0.5) is 0 Å². The van der Waals surface area contributed by atoms with Crippen molar-refractivity contribution in [1.29, 1.82) is 5.26 Å². The number of benzene rings is 2. The summed E-state index contributed by atoms with van der Waals surface area (Å²) in [5.41, 5.74) is 9.72. The Morgan fingerprint density at radius 1 is 1.19 bits per heavy atom. The number of hydrogen-bond donors (Lipinski definition) is 1. The maximum atomic E-state index is 8.99. The van der Waals surface area contributed by atoms with Crippen molar-refractivity contribution in [3.8, 4) is 6.07 Å². The summed E-state index contributed by atoms with van der Waals surface area (Å²) >= 11 is 6.11. The van der Waals surface area contributed by atoms with E-state index in [1.807, 2.05) is 36.4 Å². The molecule has 0 atom stereocenters. The van der Waals surface area contributed by atoms with E-state index in [1.54, 1.807) is 6.07 Å². The van der Waals surface area contributed by atoms with Crippen molar-refractivity contribution in [2.24, 2.45) is 5.73 Å². The average Bonchev–Trinajstić information content (AvgIpc) is 2.84. The Bertz CT molecular complexity index is 843. The summed E-state index contributed by atoms with van der Waals surface area (Å²) < 4.78 is 2.12. The van der Waals surface area contributed by atoms with Gasteiger partial charge in [0.1, 0.15) is 0 Å². The van der Waals surface area contributed by atoms with Gasteiger partial charge in [0.05, 0.1) is 17.1 Å². The van der Waals surface area contributed by atoms with Crippen LogP contribution in [0.1, 0.15) is 16.7 Å². The molecule has 0 bridgehead atoms. The largest absolute Gasteiger partial charge is 0.343 e. The Balaban J connectivity index is 2.07. The quantitative estimate of drug-likeness (QED) is 0.801. The molecule has 0 aliphatic rings. The van der Waals surface area contributed by atoms with Crippen LogP contribution in [0, 0.1) is 11.3 Å². The van der Waals surface area contributed by atoms with Gasteiger partial charge < -0.3 is 10.3 Å². The van der Waals surface area contributed by atoms with Crippen molar-refractivity contribution < 1.29 is 0 Å². The van der Waals surface area contributed by atoms with Gasteiger partial charge in [-0.3, -0.25) is 0 Å². The fourth-order valence-electron chi connectivity index (χ4n) is 2.57. The fraction of sp³-hybridized carbons (Fsp3) is 0.118. The molecule has 1 aromatic heterocycles. The minimum atomic E-state index is 0.489. The zero-order chi connectivity index (χ0) is 14.8. The first-order valence-electron chi connectivity index (χ1n) is 6.67. The van der Waals surface area contributed by atoms with Crippen LogP contribution in [-0.2, 0) is 13.1 Å². The van der Waals surface area contributed by atoms with Crippen molar-refractivity contribution >= 4 is 22.5 Å². The predicted molar refractivity (Wildman–Crippen MR) is 85.1 cm³/mol. The zero-order valence-electron chi connectivity index (χ0n) is 11.4. The third-order valence-electron chi connectivity index (χ3n) is 3.56. The van der Waals surface area contributed by atoms with Gasteiger partial charge in [0, 0.05) is 29.7 Å². The lowest BCUT2D eigenvalue weighted by Crippen LogP contribution is -1.99. The first-order valence-corrected chi connectivity index (χ1v) is 7.05. The minimum Gasteiger partial charge on any atom is -0.343 e. The van der Waals surface area contributed by atoms with E-state index in [2.05, 4.69) is 16.8 Å². The molecule has 0 saturated carbocycles. The number of nitrogens with zero attached hydrogens (tertiary/aromatic N) is 2. The summed E-state index contributed by atoms with van der Waals surface area (Å²) in [6.45, 7) is 1.18. The van der Waals surface area contributed by atoms with E-state index < -0.39 is 0 Å². The van der Waals surface area contributed by atoms with Crippen LogP contribution in [0.5, 0.6) is 0 Å². The van der Waals surface area contributed by atoms with Crippen LogP contribution >= 0.6 is 11.6 Å². The summed E-state index contributed by atoms with van der Waals surface area (Å²) in [4.78, 5) is 0. The second-order valence-corrected chi connectivity index (χ2v) is 5.40. The fourth-order valence-corrected chi connectivity index (χ4v) is 2.74. The Labute approximate surface area is 128 Å². The number of halogens is 1. The van der Waals surface area contributed by atoms with E-state index in [0.29, 0.717) is 23.7 Å². The second-order valence-electron chi connectivity index (χ2n) is 4.96. The molecule has 3 aromatic rings. The molecule has 3 nitrogen and oxygen atoms in total. The first kappa shape index (κ1) is 13.7. The van der Waals surface area contributed by atoms with Crippen molar-refractivity contribution in [1.82, 2.24) is 4.57 Å². The summed E-state index contributed by atoms with van der Waals surface area (Å²) in [5, 5.41) is 10.8. The molecule has 21 heavy (non-hydrogen) atoms. The van der Waals surface area contributed by atoms with E-state index in [1.165, 1.54) is 0 Å². The standard InChI is InChI=1S/C17H14ClN3/c18-15-4-5-16-14(9-20)11-21(17(16)7-15)10-13-3-1-2-12(6-13)8-19/h1-7,11H,9-10,20H2. The van der Waals surface area contributed by atoms with E-state index in [9.17, 15) is 0 Å². The lowest BCUT2D eigenvalue weighted by Gasteiger charge is -2.06. The first-order chi connectivity index (χ1) is 10.2. The molecule has 4 heteroatoms. The van der Waals surface area contributed by atoms with Crippen molar-refractivity contribution in [2.45, 2.75) is 13.1 Å². The van der Waals surface area contributed by atoms with Gasteiger partial charge in [-0.05, 0) is 35.4 Å². The average molecular weight is 296 g/mol. The maximum absolute atomic E-state index is 8.99. The summed E-state index contributed by atoms with van der Waals surface area (Å²) in [6.07, 6.45) is 2.06. The Hall–Kier alpha value is -2.28. The van der Waals surface area contributed by atoms with E-state index >= 15 is 0 Å². The smallest absolute Gasteiger partial charge is 0.0991 e. The van der Waals surface area contributed by atoms with Crippen LogP contribution in [0.2, 0.25) is 5.02 Å². The molecule has 0 aliphatic carbocycles. The van der Waals surface area contributed by atoms with Crippen LogP contribution in [0.15, 0.2) is 48.7 Å². The molecule has 2 aromatic carbocycles.